The smallest absolute Gasteiger partial charge is 0.111 e. The molecule has 0 amide bonds. The summed E-state index contributed by atoms with van der Waals surface area (Å²) in [6.45, 7) is 5.75. The molecule has 5 rings (SSSR count). The quantitative estimate of drug-likeness (QED) is 0.658. The maximum absolute atomic E-state index is 5.06. The summed E-state index contributed by atoms with van der Waals surface area (Å²) < 4.78 is 2.48. The molecule has 128 valence electrons. The Labute approximate surface area is 149 Å². The second-order valence-corrected chi connectivity index (χ2v) is 7.64. The maximum atomic E-state index is 5.06. The minimum atomic E-state index is 0.701. The summed E-state index contributed by atoms with van der Waals surface area (Å²) in [5.74, 6) is 1.28. The van der Waals surface area contributed by atoms with Crippen molar-refractivity contribution in [3.63, 3.8) is 0 Å². The van der Waals surface area contributed by atoms with Crippen LogP contribution in [0, 0.1) is 6.92 Å². The fraction of sp³-hybridized carbons (Fsp3) is 0.409. The highest BCUT2D eigenvalue weighted by molar-refractivity contribution is 5.82. The Morgan fingerprint density at radius 3 is 2.60 bits per heavy atom. The topological polar surface area (TPSA) is 21.1 Å². The summed E-state index contributed by atoms with van der Waals surface area (Å²) in [5.41, 5.74) is 6.30. The summed E-state index contributed by atoms with van der Waals surface area (Å²) in [4.78, 5) is 7.74. The van der Waals surface area contributed by atoms with E-state index in [1.165, 1.54) is 60.4 Å². The van der Waals surface area contributed by atoms with Gasteiger partial charge < -0.3 is 4.57 Å². The Morgan fingerprint density at radius 1 is 0.920 bits per heavy atom. The number of benzene rings is 2. The first kappa shape index (κ1) is 15.2. The summed E-state index contributed by atoms with van der Waals surface area (Å²) in [6.07, 6.45) is 5.02. The molecular formula is C22H25N3. The van der Waals surface area contributed by atoms with Crippen molar-refractivity contribution in [2.24, 2.45) is 0 Å². The van der Waals surface area contributed by atoms with Gasteiger partial charge in [-0.05, 0) is 56.0 Å². The molecule has 0 aliphatic carbocycles. The van der Waals surface area contributed by atoms with E-state index in [2.05, 4.69) is 58.9 Å². The lowest BCUT2D eigenvalue weighted by molar-refractivity contribution is 0.231. The molecule has 0 bridgehead atoms. The van der Waals surface area contributed by atoms with Gasteiger partial charge in [0.15, 0.2) is 0 Å². The van der Waals surface area contributed by atoms with Crippen molar-refractivity contribution in [1.82, 2.24) is 14.5 Å². The predicted octanol–water partition coefficient (Wildman–Crippen LogP) is 4.42. The number of hydrogen-bond donors (Lipinski definition) is 0. The molecule has 3 heterocycles. The molecule has 2 aromatic carbocycles. The van der Waals surface area contributed by atoms with Gasteiger partial charge in [-0.25, -0.2) is 4.98 Å². The fourth-order valence-corrected chi connectivity index (χ4v) is 4.57. The fourth-order valence-electron chi connectivity index (χ4n) is 4.57. The molecule has 0 N–H and O–H groups in total. The van der Waals surface area contributed by atoms with Crippen LogP contribution in [0.3, 0.4) is 0 Å². The minimum Gasteiger partial charge on any atom is -0.328 e. The summed E-state index contributed by atoms with van der Waals surface area (Å²) in [6, 6.07) is 16.3. The zero-order valence-corrected chi connectivity index (χ0v) is 14.9. The van der Waals surface area contributed by atoms with Crippen molar-refractivity contribution in [3.8, 4) is 11.1 Å². The van der Waals surface area contributed by atoms with Crippen LogP contribution in [-0.2, 0) is 13.0 Å². The lowest BCUT2D eigenvalue weighted by Gasteiger charge is -2.27. The first-order valence-electron chi connectivity index (χ1n) is 9.58. The molecule has 0 spiro atoms. The third kappa shape index (κ3) is 2.67. The van der Waals surface area contributed by atoms with E-state index in [-0.39, 0.29) is 0 Å². The summed E-state index contributed by atoms with van der Waals surface area (Å²) in [5, 5.41) is 0. The molecular weight excluding hydrogens is 306 g/mol. The number of imidazole rings is 1. The Balaban J connectivity index is 1.56. The Bertz CT molecular complexity index is 907. The van der Waals surface area contributed by atoms with E-state index in [0.29, 0.717) is 6.04 Å². The van der Waals surface area contributed by atoms with Crippen LogP contribution in [0.2, 0.25) is 0 Å². The number of fused-ring (bicyclic) bond motifs is 4. The van der Waals surface area contributed by atoms with Crippen molar-refractivity contribution >= 4 is 11.0 Å². The van der Waals surface area contributed by atoms with Crippen LogP contribution in [0.1, 0.15) is 30.7 Å². The third-order valence-corrected chi connectivity index (χ3v) is 5.96. The van der Waals surface area contributed by atoms with Gasteiger partial charge in [-0.2, -0.15) is 0 Å². The van der Waals surface area contributed by atoms with Crippen LogP contribution in [0.15, 0.2) is 42.5 Å². The van der Waals surface area contributed by atoms with Crippen LogP contribution >= 0.6 is 0 Å². The van der Waals surface area contributed by atoms with Gasteiger partial charge >= 0.3 is 0 Å². The predicted molar refractivity (Wildman–Crippen MR) is 103 cm³/mol. The van der Waals surface area contributed by atoms with E-state index in [4.69, 9.17) is 4.98 Å². The van der Waals surface area contributed by atoms with Gasteiger partial charge in [-0.15, -0.1) is 0 Å². The van der Waals surface area contributed by atoms with E-state index < -0.39 is 0 Å². The highest BCUT2D eigenvalue weighted by Crippen LogP contribution is 2.29. The van der Waals surface area contributed by atoms with Crippen LogP contribution in [0.25, 0.3) is 22.2 Å². The largest absolute Gasteiger partial charge is 0.328 e. The van der Waals surface area contributed by atoms with Gasteiger partial charge in [0.1, 0.15) is 5.82 Å². The van der Waals surface area contributed by atoms with Gasteiger partial charge in [-0.1, -0.05) is 35.9 Å². The van der Waals surface area contributed by atoms with E-state index >= 15 is 0 Å². The SMILES string of the molecule is Cc1ccc(-c2ccc3c(c2)nc2n3CCCN3CCCC3C2)cc1. The molecule has 0 radical (unpaired) electrons. The maximum Gasteiger partial charge on any atom is 0.111 e. The molecule has 1 fully saturated rings. The van der Waals surface area contributed by atoms with Crippen LogP contribution in [0.5, 0.6) is 0 Å². The normalized spacial score (nSPS) is 20.9. The lowest BCUT2D eigenvalue weighted by atomic mass is 10.0. The number of nitrogens with zero attached hydrogens (tertiary/aromatic N) is 3. The molecule has 1 unspecified atom stereocenters. The molecule has 1 saturated heterocycles. The first-order valence-corrected chi connectivity index (χ1v) is 9.58. The minimum absolute atomic E-state index is 0.701. The Hall–Kier alpha value is -2.13. The number of aromatic nitrogens is 2. The molecule has 1 atom stereocenters. The third-order valence-electron chi connectivity index (χ3n) is 5.96. The van der Waals surface area contributed by atoms with Crippen molar-refractivity contribution in [1.29, 1.82) is 0 Å². The molecule has 1 aromatic heterocycles. The van der Waals surface area contributed by atoms with E-state index in [1.807, 2.05) is 0 Å². The van der Waals surface area contributed by atoms with Crippen LogP contribution < -0.4 is 0 Å². The molecule has 25 heavy (non-hydrogen) atoms. The second kappa shape index (κ2) is 5.99. The van der Waals surface area contributed by atoms with Crippen molar-refractivity contribution in [3.05, 3.63) is 53.9 Å². The molecule has 2 aliphatic rings. The molecule has 3 nitrogen and oxygen atoms in total. The molecule has 3 aromatic rings. The zero-order valence-electron chi connectivity index (χ0n) is 14.9. The molecule has 3 heteroatoms. The van der Waals surface area contributed by atoms with Crippen LogP contribution in [0.4, 0.5) is 0 Å². The van der Waals surface area contributed by atoms with Crippen LogP contribution in [-0.4, -0.2) is 33.6 Å². The average molecular weight is 331 g/mol. The van der Waals surface area contributed by atoms with E-state index in [0.717, 1.165) is 18.5 Å². The van der Waals surface area contributed by atoms with Crippen molar-refractivity contribution < 1.29 is 0 Å². The Kier molecular flexibility index (Phi) is 3.63. The molecule has 2 aliphatic heterocycles. The summed E-state index contributed by atoms with van der Waals surface area (Å²) >= 11 is 0. The average Bonchev–Trinajstić information content (AvgIpc) is 3.18. The number of hydrogen-bond acceptors (Lipinski definition) is 2. The van der Waals surface area contributed by atoms with E-state index in [9.17, 15) is 0 Å². The zero-order chi connectivity index (χ0) is 16.8. The van der Waals surface area contributed by atoms with Crippen molar-refractivity contribution in [2.45, 2.75) is 45.2 Å². The second-order valence-electron chi connectivity index (χ2n) is 7.64. The van der Waals surface area contributed by atoms with Gasteiger partial charge in [0.05, 0.1) is 11.0 Å². The highest BCUT2D eigenvalue weighted by atomic mass is 15.2. The summed E-state index contributed by atoms with van der Waals surface area (Å²) in [7, 11) is 0. The van der Waals surface area contributed by atoms with Gasteiger partial charge in [-0.3, -0.25) is 4.90 Å². The number of rotatable bonds is 1. The number of aryl methyl sites for hydroxylation is 2. The Morgan fingerprint density at radius 2 is 1.72 bits per heavy atom. The van der Waals surface area contributed by atoms with Gasteiger partial charge in [0, 0.05) is 25.6 Å². The first-order chi connectivity index (χ1) is 12.3. The lowest BCUT2D eigenvalue weighted by Crippen LogP contribution is -2.35. The standard InChI is InChI=1S/C22H25N3/c1-16-5-7-17(8-6-16)18-9-10-21-20(14-18)23-22-15-19-4-2-11-24(19)12-3-13-25(21)22/h5-10,14,19H,2-4,11-13,15H2,1H3. The van der Waals surface area contributed by atoms with Gasteiger partial charge in [0.25, 0.3) is 0 Å². The van der Waals surface area contributed by atoms with Gasteiger partial charge in [0.2, 0.25) is 0 Å². The monoisotopic (exact) mass is 331 g/mol. The van der Waals surface area contributed by atoms with Crippen molar-refractivity contribution in [2.75, 3.05) is 13.1 Å². The van der Waals surface area contributed by atoms with E-state index in [1.54, 1.807) is 0 Å². The molecule has 0 saturated carbocycles. The highest BCUT2D eigenvalue weighted by Gasteiger charge is 2.28.